The first kappa shape index (κ1) is 17.5. The molecule has 1 fully saturated rings. The van der Waals surface area contributed by atoms with E-state index in [9.17, 15) is 29.7 Å². The largest absolute Gasteiger partial charge is 0.511 e. The van der Waals surface area contributed by atoms with Gasteiger partial charge in [-0.1, -0.05) is 6.07 Å². The predicted molar refractivity (Wildman–Crippen MR) is 96.2 cm³/mol. The highest BCUT2D eigenvalue weighted by atomic mass is 16.3. The fourth-order valence-corrected chi connectivity index (χ4v) is 4.91. The average molecular weight is 368 g/mol. The zero-order valence-corrected chi connectivity index (χ0v) is 15.1. The number of allylic oxidation sites excluding steroid dienone is 3. The molecule has 0 spiro atoms. The second-order valence-corrected chi connectivity index (χ2v) is 7.70. The molecule has 1 aromatic rings. The van der Waals surface area contributed by atoms with Crippen LogP contribution in [0.2, 0.25) is 0 Å². The Hall–Kier alpha value is -2.89. The lowest BCUT2D eigenvalue weighted by Gasteiger charge is -2.41. The van der Waals surface area contributed by atoms with Crippen molar-refractivity contribution in [2.75, 3.05) is 0 Å². The van der Waals surface area contributed by atoms with Crippen molar-refractivity contribution in [2.45, 2.75) is 33.1 Å². The van der Waals surface area contributed by atoms with Gasteiger partial charge in [-0.3, -0.25) is 14.4 Å². The first-order valence-electron chi connectivity index (χ1n) is 8.98. The number of carbonyl (C=O) groups is 3. The minimum absolute atomic E-state index is 0.0335. The van der Waals surface area contributed by atoms with Crippen LogP contribution in [0.3, 0.4) is 0 Å². The second kappa shape index (κ2) is 5.81. The zero-order valence-electron chi connectivity index (χ0n) is 15.1. The van der Waals surface area contributed by atoms with Crippen LogP contribution in [-0.4, -0.2) is 32.7 Å². The van der Waals surface area contributed by atoms with E-state index in [0.29, 0.717) is 12.8 Å². The lowest BCUT2D eigenvalue weighted by molar-refractivity contribution is -0.127. The molecule has 6 heteroatoms. The highest BCUT2D eigenvalue weighted by Gasteiger charge is 2.50. The molecule has 3 aliphatic carbocycles. The van der Waals surface area contributed by atoms with Gasteiger partial charge in [-0.2, -0.15) is 0 Å². The van der Waals surface area contributed by atoms with E-state index in [2.05, 4.69) is 0 Å². The van der Waals surface area contributed by atoms with Gasteiger partial charge >= 0.3 is 0 Å². The van der Waals surface area contributed by atoms with E-state index < -0.39 is 34.9 Å². The van der Waals surface area contributed by atoms with Gasteiger partial charge < -0.3 is 15.3 Å². The van der Waals surface area contributed by atoms with Crippen LogP contribution in [0.25, 0.3) is 5.76 Å². The van der Waals surface area contributed by atoms with Crippen LogP contribution >= 0.6 is 0 Å². The summed E-state index contributed by atoms with van der Waals surface area (Å²) in [5.74, 6) is -3.99. The number of aromatic hydroxyl groups is 1. The van der Waals surface area contributed by atoms with Gasteiger partial charge in [0.2, 0.25) is 0 Å². The zero-order chi connectivity index (χ0) is 19.6. The fraction of sp³-hybridized carbons (Fsp3) is 0.381. The maximum absolute atomic E-state index is 13.2. The number of aryl methyl sites for hydroxylation is 1. The molecular formula is C21H20O6. The summed E-state index contributed by atoms with van der Waals surface area (Å²) in [5, 5.41) is 31.5. The molecule has 4 rings (SSSR count). The van der Waals surface area contributed by atoms with E-state index >= 15 is 0 Å². The Morgan fingerprint density at radius 1 is 1.11 bits per heavy atom. The summed E-state index contributed by atoms with van der Waals surface area (Å²) in [4.78, 5) is 37.2. The molecule has 1 aromatic carbocycles. The van der Waals surface area contributed by atoms with Gasteiger partial charge in [-0.25, -0.2) is 0 Å². The Labute approximate surface area is 155 Å². The van der Waals surface area contributed by atoms with Crippen LogP contribution in [0, 0.1) is 24.7 Å². The number of phenols is 1. The molecule has 0 heterocycles. The van der Waals surface area contributed by atoms with Crippen molar-refractivity contribution in [3.05, 3.63) is 45.7 Å². The molecule has 0 radical (unpaired) electrons. The summed E-state index contributed by atoms with van der Waals surface area (Å²) >= 11 is 0. The number of hydrogen-bond acceptors (Lipinski definition) is 6. The summed E-state index contributed by atoms with van der Waals surface area (Å²) in [6.07, 6.45) is 0.958. The topological polar surface area (TPSA) is 112 Å². The molecule has 3 atom stereocenters. The van der Waals surface area contributed by atoms with Crippen molar-refractivity contribution in [1.29, 1.82) is 0 Å². The second-order valence-electron chi connectivity index (χ2n) is 7.70. The summed E-state index contributed by atoms with van der Waals surface area (Å²) in [5.41, 5.74) is 1.82. The minimum Gasteiger partial charge on any atom is -0.511 e. The first-order valence-corrected chi connectivity index (χ1v) is 8.98. The molecule has 140 valence electrons. The highest BCUT2D eigenvalue weighted by molar-refractivity contribution is 6.21. The van der Waals surface area contributed by atoms with Gasteiger partial charge in [0.15, 0.2) is 17.3 Å². The Bertz CT molecular complexity index is 981. The van der Waals surface area contributed by atoms with Crippen molar-refractivity contribution in [1.82, 2.24) is 0 Å². The average Bonchev–Trinajstić information content (AvgIpc) is 2.57. The van der Waals surface area contributed by atoms with Crippen LogP contribution in [0.15, 0.2) is 29.0 Å². The van der Waals surface area contributed by atoms with E-state index in [4.69, 9.17) is 0 Å². The Morgan fingerprint density at radius 2 is 1.81 bits per heavy atom. The number of rotatable bonds is 1. The molecule has 0 aromatic heterocycles. The van der Waals surface area contributed by atoms with Gasteiger partial charge in [0.05, 0.1) is 17.1 Å². The van der Waals surface area contributed by atoms with Gasteiger partial charge in [-0.05, 0) is 55.7 Å². The summed E-state index contributed by atoms with van der Waals surface area (Å²) in [6, 6.07) is 3.24. The van der Waals surface area contributed by atoms with Crippen LogP contribution in [0.4, 0.5) is 0 Å². The van der Waals surface area contributed by atoms with E-state index in [1.54, 1.807) is 6.07 Å². The molecule has 3 unspecified atom stereocenters. The van der Waals surface area contributed by atoms with Crippen LogP contribution in [-0.2, 0) is 20.8 Å². The minimum atomic E-state index is -0.997. The van der Waals surface area contributed by atoms with Gasteiger partial charge in [0.25, 0.3) is 0 Å². The molecule has 0 amide bonds. The van der Waals surface area contributed by atoms with E-state index in [0.717, 1.165) is 11.1 Å². The monoisotopic (exact) mass is 368 g/mol. The number of hydrogen-bond donors (Lipinski definition) is 3. The van der Waals surface area contributed by atoms with Gasteiger partial charge in [0.1, 0.15) is 17.3 Å². The van der Waals surface area contributed by atoms with Crippen LogP contribution in [0.1, 0.15) is 36.5 Å². The fourth-order valence-electron chi connectivity index (χ4n) is 4.91. The molecule has 27 heavy (non-hydrogen) atoms. The molecule has 6 nitrogen and oxygen atoms in total. The van der Waals surface area contributed by atoms with Crippen LogP contribution < -0.4 is 0 Å². The molecule has 3 aliphatic rings. The number of phenolic OH excluding ortho intramolecular Hbond substituents is 1. The first-order chi connectivity index (χ1) is 12.7. The normalized spacial score (nSPS) is 27.3. The number of aliphatic hydroxyl groups excluding tert-OH is 2. The van der Waals surface area contributed by atoms with E-state index in [-0.39, 0.29) is 40.6 Å². The van der Waals surface area contributed by atoms with Crippen molar-refractivity contribution < 1.29 is 29.7 Å². The Morgan fingerprint density at radius 3 is 2.48 bits per heavy atom. The number of carbonyl (C=O) groups excluding carboxylic acids is 3. The maximum atomic E-state index is 13.2. The molecular weight excluding hydrogens is 348 g/mol. The maximum Gasteiger partial charge on any atom is 0.173 e. The SMILES string of the molecule is CC(=O)C1=C(O)C2C(=O)C3=C(O)c4c(O)ccc(C)c4CC3CC2CC1=O. The van der Waals surface area contributed by atoms with E-state index in [1.807, 2.05) is 6.92 Å². The summed E-state index contributed by atoms with van der Waals surface area (Å²) in [7, 11) is 0. The number of benzene rings is 1. The van der Waals surface area contributed by atoms with Crippen molar-refractivity contribution in [2.24, 2.45) is 17.8 Å². The third-order valence-electron chi connectivity index (χ3n) is 6.11. The van der Waals surface area contributed by atoms with E-state index in [1.165, 1.54) is 13.0 Å². The summed E-state index contributed by atoms with van der Waals surface area (Å²) < 4.78 is 0. The molecule has 0 aliphatic heterocycles. The molecule has 3 N–H and O–H groups in total. The van der Waals surface area contributed by atoms with Crippen molar-refractivity contribution in [3.63, 3.8) is 0 Å². The number of ketones is 3. The number of fused-ring (bicyclic) bond motifs is 3. The smallest absolute Gasteiger partial charge is 0.173 e. The van der Waals surface area contributed by atoms with Crippen molar-refractivity contribution >= 4 is 23.1 Å². The van der Waals surface area contributed by atoms with Gasteiger partial charge in [-0.15, -0.1) is 0 Å². The summed E-state index contributed by atoms with van der Waals surface area (Å²) in [6.45, 7) is 3.07. The Balaban J connectivity index is 1.89. The van der Waals surface area contributed by atoms with Gasteiger partial charge in [0, 0.05) is 12.0 Å². The lowest BCUT2D eigenvalue weighted by atomic mass is 9.61. The Kier molecular flexibility index (Phi) is 3.77. The third-order valence-corrected chi connectivity index (χ3v) is 6.11. The van der Waals surface area contributed by atoms with Crippen molar-refractivity contribution in [3.8, 4) is 5.75 Å². The molecule has 1 saturated carbocycles. The highest BCUT2D eigenvalue weighted by Crippen LogP contribution is 2.50. The molecule has 0 saturated heterocycles. The third kappa shape index (κ3) is 2.36. The number of Topliss-reactive ketones (excluding diaryl/α,β-unsaturated/α-hetero) is 3. The molecule has 0 bridgehead atoms. The quantitative estimate of drug-likeness (QED) is 0.657. The lowest BCUT2D eigenvalue weighted by Crippen LogP contribution is -2.43. The van der Waals surface area contributed by atoms with Crippen LogP contribution in [0.5, 0.6) is 5.75 Å². The standard InChI is InChI=1S/C21H20O6/c1-8-3-4-13(23)18-12(8)6-10-5-11-7-14(24)15(9(2)22)19(25)17(11)20(26)16(10)21(18)27/h3-4,10-11,17,23,25,27H,5-7H2,1-2H3. The number of aliphatic hydroxyl groups is 2. The predicted octanol–water partition coefficient (Wildman–Crippen LogP) is 2.72.